The molecule has 4 nitrogen and oxygen atoms in total. The second-order valence-electron chi connectivity index (χ2n) is 5.52. The molecule has 124 valence electrons. The Morgan fingerprint density at radius 1 is 1.17 bits per heavy atom. The maximum absolute atomic E-state index is 12.7. The van der Waals surface area contributed by atoms with Crippen molar-refractivity contribution in [3.8, 4) is 22.9 Å². The summed E-state index contributed by atoms with van der Waals surface area (Å²) in [6.45, 7) is 0. The number of aromatic amines is 1. The van der Waals surface area contributed by atoms with E-state index in [1.54, 1.807) is 18.2 Å². The summed E-state index contributed by atoms with van der Waals surface area (Å²) in [5.74, 6) is 1.24. The summed E-state index contributed by atoms with van der Waals surface area (Å²) in [5, 5.41) is 0. The molecule has 1 N–H and O–H groups in total. The van der Waals surface area contributed by atoms with Crippen molar-refractivity contribution in [3.63, 3.8) is 0 Å². The fourth-order valence-corrected chi connectivity index (χ4v) is 2.72. The number of imidazole rings is 1. The molecule has 1 heterocycles. The molecule has 0 saturated heterocycles. The molecule has 1 fully saturated rings. The van der Waals surface area contributed by atoms with Crippen molar-refractivity contribution in [3.05, 3.63) is 30.1 Å². The van der Waals surface area contributed by atoms with Gasteiger partial charge < -0.3 is 14.5 Å². The van der Waals surface area contributed by atoms with E-state index in [0.717, 1.165) is 31.9 Å². The molecular weight excluding hydrogens is 309 g/mol. The number of benzene rings is 1. The van der Waals surface area contributed by atoms with Crippen LogP contribution in [0.15, 0.2) is 24.4 Å². The average molecular weight is 326 g/mol. The lowest BCUT2D eigenvalue weighted by atomic mass is 10.2. The maximum Gasteiger partial charge on any atom is 0.434 e. The molecule has 1 aromatic heterocycles. The van der Waals surface area contributed by atoms with E-state index in [-0.39, 0.29) is 11.9 Å². The van der Waals surface area contributed by atoms with E-state index in [0.29, 0.717) is 17.1 Å². The number of rotatable bonds is 4. The van der Waals surface area contributed by atoms with E-state index in [2.05, 4.69) is 9.97 Å². The highest BCUT2D eigenvalue weighted by molar-refractivity contribution is 5.61. The Balaban J connectivity index is 1.89. The van der Waals surface area contributed by atoms with Crippen LogP contribution in [0.2, 0.25) is 0 Å². The fraction of sp³-hybridized carbons (Fsp3) is 0.438. The molecule has 2 aromatic rings. The summed E-state index contributed by atoms with van der Waals surface area (Å²) in [7, 11) is 1.53. The van der Waals surface area contributed by atoms with Crippen molar-refractivity contribution < 1.29 is 22.6 Å². The Morgan fingerprint density at radius 3 is 2.52 bits per heavy atom. The van der Waals surface area contributed by atoms with E-state index in [9.17, 15) is 13.2 Å². The third-order valence-corrected chi connectivity index (χ3v) is 3.90. The first-order valence-corrected chi connectivity index (χ1v) is 7.45. The number of alkyl halides is 3. The average Bonchev–Trinajstić information content (AvgIpc) is 3.18. The number of nitrogens with zero attached hydrogens (tertiary/aromatic N) is 1. The molecule has 3 rings (SSSR count). The van der Waals surface area contributed by atoms with Crippen LogP contribution in [-0.2, 0) is 6.18 Å². The second kappa shape index (κ2) is 6.14. The molecule has 0 spiro atoms. The molecule has 0 atom stereocenters. The topological polar surface area (TPSA) is 47.1 Å². The van der Waals surface area contributed by atoms with Gasteiger partial charge in [0, 0.05) is 11.8 Å². The van der Waals surface area contributed by atoms with Crippen LogP contribution in [0.25, 0.3) is 11.4 Å². The molecule has 23 heavy (non-hydrogen) atoms. The van der Waals surface area contributed by atoms with Crippen LogP contribution in [0.3, 0.4) is 0 Å². The van der Waals surface area contributed by atoms with Gasteiger partial charge in [0.15, 0.2) is 17.2 Å². The van der Waals surface area contributed by atoms with E-state index in [1.807, 2.05) is 0 Å². The summed E-state index contributed by atoms with van der Waals surface area (Å²) >= 11 is 0. The number of halogens is 3. The number of methoxy groups -OCH3 is 1. The van der Waals surface area contributed by atoms with Crippen molar-refractivity contribution in [2.24, 2.45) is 0 Å². The minimum atomic E-state index is -4.47. The van der Waals surface area contributed by atoms with Gasteiger partial charge in [0.2, 0.25) is 0 Å². The zero-order chi connectivity index (χ0) is 16.4. The molecule has 0 radical (unpaired) electrons. The number of hydrogen-bond acceptors (Lipinski definition) is 3. The highest BCUT2D eigenvalue weighted by Crippen LogP contribution is 2.35. The molecule has 0 bridgehead atoms. The normalized spacial score (nSPS) is 15.8. The van der Waals surface area contributed by atoms with Gasteiger partial charge in [-0.25, -0.2) is 4.98 Å². The predicted octanol–water partition coefficient (Wildman–Crippen LogP) is 4.43. The Kier molecular flexibility index (Phi) is 4.19. The largest absolute Gasteiger partial charge is 0.493 e. The Labute approximate surface area is 131 Å². The number of ether oxygens (including phenoxy) is 2. The van der Waals surface area contributed by atoms with E-state index < -0.39 is 11.9 Å². The van der Waals surface area contributed by atoms with Crippen LogP contribution in [0, 0.1) is 0 Å². The molecule has 1 saturated carbocycles. The van der Waals surface area contributed by atoms with Gasteiger partial charge in [-0.3, -0.25) is 0 Å². The molecule has 0 amide bonds. The monoisotopic (exact) mass is 326 g/mol. The Hall–Kier alpha value is -2.18. The Morgan fingerprint density at radius 2 is 1.91 bits per heavy atom. The Bertz CT molecular complexity index is 676. The molecule has 1 aliphatic rings. The second-order valence-corrected chi connectivity index (χ2v) is 5.52. The molecular formula is C16H17F3N2O2. The molecule has 1 aliphatic carbocycles. The van der Waals surface area contributed by atoms with Crippen LogP contribution in [-0.4, -0.2) is 23.2 Å². The lowest BCUT2D eigenvalue weighted by molar-refractivity contribution is -0.140. The van der Waals surface area contributed by atoms with Crippen LogP contribution < -0.4 is 9.47 Å². The van der Waals surface area contributed by atoms with Gasteiger partial charge >= 0.3 is 6.18 Å². The SMILES string of the molecule is COc1ccc(-c2nc(C(F)(F)F)c[nH]2)cc1OC1CCCC1. The summed E-state index contributed by atoms with van der Waals surface area (Å²) in [6.07, 6.45) is 0.723. The standard InChI is InChI=1S/C16H17F3N2O2/c1-22-12-7-6-10(8-13(12)23-11-4-2-3-5-11)15-20-9-14(21-15)16(17,18)19/h6-9,11H,2-5H2,1H3,(H,20,21). The molecule has 1 aromatic carbocycles. The van der Waals surface area contributed by atoms with Crippen molar-refractivity contribution in [1.29, 1.82) is 0 Å². The highest BCUT2D eigenvalue weighted by atomic mass is 19.4. The quantitative estimate of drug-likeness (QED) is 0.904. The number of nitrogens with one attached hydrogen (secondary N) is 1. The number of hydrogen-bond donors (Lipinski definition) is 1. The smallest absolute Gasteiger partial charge is 0.434 e. The first kappa shape index (κ1) is 15.7. The summed E-state index contributed by atoms with van der Waals surface area (Å²) in [4.78, 5) is 6.16. The van der Waals surface area contributed by atoms with Gasteiger partial charge in [-0.2, -0.15) is 13.2 Å². The van der Waals surface area contributed by atoms with Crippen LogP contribution in [0.1, 0.15) is 31.4 Å². The molecule has 7 heteroatoms. The first-order valence-electron chi connectivity index (χ1n) is 7.45. The van der Waals surface area contributed by atoms with Gasteiger partial charge in [0.05, 0.1) is 13.2 Å². The van der Waals surface area contributed by atoms with Crippen LogP contribution >= 0.6 is 0 Å². The number of H-pyrrole nitrogens is 1. The van der Waals surface area contributed by atoms with E-state index in [4.69, 9.17) is 9.47 Å². The fourth-order valence-electron chi connectivity index (χ4n) is 2.72. The van der Waals surface area contributed by atoms with Crippen molar-refractivity contribution in [2.75, 3.05) is 7.11 Å². The number of aromatic nitrogens is 2. The van der Waals surface area contributed by atoms with Crippen molar-refractivity contribution in [1.82, 2.24) is 9.97 Å². The summed E-state index contributed by atoms with van der Waals surface area (Å²) in [5.41, 5.74) is -0.420. The minimum Gasteiger partial charge on any atom is -0.493 e. The van der Waals surface area contributed by atoms with Gasteiger partial charge in [-0.05, 0) is 43.9 Å². The van der Waals surface area contributed by atoms with E-state index in [1.165, 1.54) is 7.11 Å². The predicted molar refractivity (Wildman–Crippen MR) is 78.5 cm³/mol. The van der Waals surface area contributed by atoms with Crippen LogP contribution in [0.4, 0.5) is 13.2 Å². The van der Waals surface area contributed by atoms with Crippen molar-refractivity contribution >= 4 is 0 Å². The lowest BCUT2D eigenvalue weighted by Gasteiger charge is -2.16. The van der Waals surface area contributed by atoms with Gasteiger partial charge in [-0.1, -0.05) is 0 Å². The van der Waals surface area contributed by atoms with Gasteiger partial charge in [0.1, 0.15) is 5.82 Å². The zero-order valence-electron chi connectivity index (χ0n) is 12.6. The van der Waals surface area contributed by atoms with E-state index >= 15 is 0 Å². The lowest BCUT2D eigenvalue weighted by Crippen LogP contribution is -2.11. The zero-order valence-corrected chi connectivity index (χ0v) is 12.6. The molecule has 0 unspecified atom stereocenters. The minimum absolute atomic E-state index is 0.126. The third-order valence-electron chi connectivity index (χ3n) is 3.90. The van der Waals surface area contributed by atoms with Crippen LogP contribution in [0.5, 0.6) is 11.5 Å². The summed E-state index contributed by atoms with van der Waals surface area (Å²) in [6, 6.07) is 4.99. The highest BCUT2D eigenvalue weighted by Gasteiger charge is 2.33. The third kappa shape index (κ3) is 3.43. The maximum atomic E-state index is 12.7. The van der Waals surface area contributed by atoms with Gasteiger partial charge in [0.25, 0.3) is 0 Å². The first-order chi connectivity index (χ1) is 11.0. The van der Waals surface area contributed by atoms with Crippen molar-refractivity contribution in [2.45, 2.75) is 38.0 Å². The van der Waals surface area contributed by atoms with Gasteiger partial charge in [-0.15, -0.1) is 0 Å². The summed E-state index contributed by atoms with van der Waals surface area (Å²) < 4.78 is 49.2. The molecule has 0 aliphatic heterocycles.